The Labute approximate surface area is 153 Å². The van der Waals surface area contributed by atoms with Crippen molar-refractivity contribution >= 4 is 5.91 Å². The van der Waals surface area contributed by atoms with Gasteiger partial charge in [-0.2, -0.15) is 10.5 Å². The van der Waals surface area contributed by atoms with Crippen LogP contribution in [0.15, 0.2) is 48.5 Å². The lowest BCUT2D eigenvalue weighted by molar-refractivity contribution is 0.0947. The van der Waals surface area contributed by atoms with Crippen LogP contribution in [-0.4, -0.2) is 30.4 Å². The summed E-state index contributed by atoms with van der Waals surface area (Å²) in [6, 6.07) is 18.6. The topological polar surface area (TPSA) is 79.9 Å². The molecule has 0 aromatic heterocycles. The predicted octanol–water partition coefficient (Wildman–Crippen LogP) is 2.68. The van der Waals surface area contributed by atoms with Gasteiger partial charge in [0.15, 0.2) is 0 Å². The van der Waals surface area contributed by atoms with E-state index in [1.165, 1.54) is 0 Å². The van der Waals surface area contributed by atoms with E-state index >= 15 is 0 Å². The molecule has 1 aliphatic heterocycles. The van der Waals surface area contributed by atoms with E-state index in [1.54, 1.807) is 24.3 Å². The van der Waals surface area contributed by atoms with E-state index in [-0.39, 0.29) is 5.91 Å². The number of hydrogen-bond acceptors (Lipinski definition) is 4. The van der Waals surface area contributed by atoms with Crippen LogP contribution >= 0.6 is 0 Å². The summed E-state index contributed by atoms with van der Waals surface area (Å²) in [5.74, 6) is 0.325. The Morgan fingerprint density at radius 3 is 2.62 bits per heavy atom. The number of carbonyl (C=O) groups is 1. The van der Waals surface area contributed by atoms with Crippen LogP contribution in [0, 0.1) is 28.6 Å². The molecular weight excluding hydrogens is 324 g/mol. The minimum Gasteiger partial charge on any atom is -0.352 e. The third-order valence-corrected chi connectivity index (χ3v) is 4.66. The first-order valence-electron chi connectivity index (χ1n) is 8.67. The Hall–Kier alpha value is -3.15. The molecule has 0 saturated carbocycles. The van der Waals surface area contributed by atoms with Crippen LogP contribution in [-0.2, 0) is 6.54 Å². The summed E-state index contributed by atoms with van der Waals surface area (Å²) in [6.45, 7) is 3.40. The molecule has 130 valence electrons. The normalized spacial score (nSPS) is 16.6. The minimum atomic E-state index is -0.102. The third-order valence-electron chi connectivity index (χ3n) is 4.66. The maximum Gasteiger partial charge on any atom is 0.251 e. The number of benzene rings is 2. The van der Waals surface area contributed by atoms with Crippen molar-refractivity contribution < 1.29 is 4.79 Å². The summed E-state index contributed by atoms with van der Waals surface area (Å²) in [7, 11) is 0. The summed E-state index contributed by atoms with van der Waals surface area (Å²) < 4.78 is 0. The number of nitrogens with one attached hydrogen (secondary N) is 1. The number of carbonyl (C=O) groups excluding carboxylic acids is 1. The Morgan fingerprint density at radius 2 is 1.88 bits per heavy atom. The summed E-state index contributed by atoms with van der Waals surface area (Å²) >= 11 is 0. The van der Waals surface area contributed by atoms with Crippen molar-refractivity contribution in [1.29, 1.82) is 10.5 Å². The SMILES string of the molecule is N#Cc1ccc(C(=O)NC[C@H]2CCN(Cc3cccc(C#N)c3)C2)cc1. The van der Waals surface area contributed by atoms with Crippen molar-refractivity contribution in [2.24, 2.45) is 5.92 Å². The van der Waals surface area contributed by atoms with Crippen molar-refractivity contribution in [2.75, 3.05) is 19.6 Å². The zero-order valence-corrected chi connectivity index (χ0v) is 14.5. The summed E-state index contributed by atoms with van der Waals surface area (Å²) in [5, 5.41) is 20.8. The highest BCUT2D eigenvalue weighted by atomic mass is 16.1. The van der Waals surface area contributed by atoms with Gasteiger partial charge in [0.05, 0.1) is 23.3 Å². The van der Waals surface area contributed by atoms with E-state index in [2.05, 4.69) is 16.3 Å². The fraction of sp³-hybridized carbons (Fsp3) is 0.286. The lowest BCUT2D eigenvalue weighted by atomic mass is 10.1. The van der Waals surface area contributed by atoms with Crippen molar-refractivity contribution in [3.05, 3.63) is 70.8 Å². The number of likely N-dealkylation sites (tertiary alicyclic amines) is 1. The molecule has 1 amide bonds. The molecule has 5 nitrogen and oxygen atoms in total. The highest BCUT2D eigenvalue weighted by Crippen LogP contribution is 2.18. The summed E-state index contributed by atoms with van der Waals surface area (Å²) in [5.41, 5.74) is 2.96. The maximum atomic E-state index is 12.2. The molecule has 1 atom stereocenters. The van der Waals surface area contributed by atoms with Crippen LogP contribution < -0.4 is 5.32 Å². The Bertz CT molecular complexity index is 861. The molecule has 0 radical (unpaired) electrons. The standard InChI is InChI=1S/C21H20N4O/c22-11-16-4-6-20(7-5-16)21(26)24-13-19-8-9-25(15-19)14-18-3-1-2-17(10-18)12-23/h1-7,10,19H,8-9,13-15H2,(H,24,26)/t19-/m1/s1. The van der Waals surface area contributed by atoms with Crippen molar-refractivity contribution in [3.63, 3.8) is 0 Å². The zero-order valence-electron chi connectivity index (χ0n) is 14.5. The molecule has 0 bridgehead atoms. The molecule has 26 heavy (non-hydrogen) atoms. The van der Waals surface area contributed by atoms with E-state index in [0.29, 0.717) is 29.2 Å². The first-order chi connectivity index (χ1) is 12.7. The Morgan fingerprint density at radius 1 is 1.12 bits per heavy atom. The van der Waals surface area contributed by atoms with Gasteiger partial charge in [-0.3, -0.25) is 9.69 Å². The van der Waals surface area contributed by atoms with Gasteiger partial charge in [0.2, 0.25) is 0 Å². The largest absolute Gasteiger partial charge is 0.352 e. The second kappa shape index (κ2) is 8.29. The molecule has 2 aromatic carbocycles. The number of rotatable bonds is 5. The van der Waals surface area contributed by atoms with Gasteiger partial charge in [-0.25, -0.2) is 0 Å². The van der Waals surface area contributed by atoms with Gasteiger partial charge in [0.25, 0.3) is 5.91 Å². The van der Waals surface area contributed by atoms with Crippen LogP contribution in [0.4, 0.5) is 0 Å². The molecule has 5 heteroatoms. The van der Waals surface area contributed by atoms with Gasteiger partial charge in [-0.05, 0) is 60.8 Å². The molecule has 1 saturated heterocycles. The number of hydrogen-bond donors (Lipinski definition) is 1. The highest BCUT2D eigenvalue weighted by Gasteiger charge is 2.23. The van der Waals surface area contributed by atoms with Gasteiger partial charge < -0.3 is 5.32 Å². The van der Waals surface area contributed by atoms with Crippen LogP contribution in [0.5, 0.6) is 0 Å². The Kier molecular flexibility index (Phi) is 5.63. The van der Waals surface area contributed by atoms with Crippen LogP contribution in [0.1, 0.15) is 33.5 Å². The molecule has 1 heterocycles. The van der Waals surface area contributed by atoms with Crippen molar-refractivity contribution in [3.8, 4) is 12.1 Å². The molecular formula is C21H20N4O. The summed E-state index contributed by atoms with van der Waals surface area (Å²) in [6.07, 6.45) is 1.05. The lowest BCUT2D eigenvalue weighted by Gasteiger charge is -2.16. The van der Waals surface area contributed by atoms with Crippen LogP contribution in [0.3, 0.4) is 0 Å². The second-order valence-corrected chi connectivity index (χ2v) is 6.60. The molecule has 1 aliphatic rings. The maximum absolute atomic E-state index is 12.2. The number of nitriles is 2. The molecule has 2 aromatic rings. The van der Waals surface area contributed by atoms with E-state index < -0.39 is 0 Å². The fourth-order valence-corrected chi connectivity index (χ4v) is 3.26. The average Bonchev–Trinajstić information content (AvgIpc) is 3.13. The van der Waals surface area contributed by atoms with Gasteiger partial charge in [-0.1, -0.05) is 12.1 Å². The first-order valence-corrected chi connectivity index (χ1v) is 8.67. The molecule has 3 rings (SSSR count). The zero-order chi connectivity index (χ0) is 18.4. The second-order valence-electron chi connectivity index (χ2n) is 6.60. The van der Waals surface area contributed by atoms with Gasteiger partial charge in [0.1, 0.15) is 0 Å². The predicted molar refractivity (Wildman–Crippen MR) is 98.0 cm³/mol. The molecule has 1 N–H and O–H groups in total. The first kappa shape index (κ1) is 17.7. The van der Waals surface area contributed by atoms with Crippen molar-refractivity contribution in [2.45, 2.75) is 13.0 Å². The summed E-state index contributed by atoms with van der Waals surface area (Å²) in [4.78, 5) is 14.6. The molecule has 0 aliphatic carbocycles. The van der Waals surface area contributed by atoms with Gasteiger partial charge >= 0.3 is 0 Å². The Balaban J connectivity index is 1.47. The van der Waals surface area contributed by atoms with E-state index in [9.17, 15) is 4.79 Å². The van der Waals surface area contributed by atoms with E-state index in [4.69, 9.17) is 10.5 Å². The van der Waals surface area contributed by atoms with Crippen molar-refractivity contribution in [1.82, 2.24) is 10.2 Å². The average molecular weight is 344 g/mol. The van der Waals surface area contributed by atoms with Gasteiger partial charge in [-0.15, -0.1) is 0 Å². The molecule has 0 spiro atoms. The number of amides is 1. The minimum absolute atomic E-state index is 0.102. The third kappa shape index (κ3) is 4.47. The molecule has 0 unspecified atom stereocenters. The van der Waals surface area contributed by atoms with Crippen LogP contribution in [0.25, 0.3) is 0 Å². The lowest BCUT2D eigenvalue weighted by Crippen LogP contribution is -2.30. The van der Waals surface area contributed by atoms with E-state index in [0.717, 1.165) is 31.6 Å². The van der Waals surface area contributed by atoms with Crippen LogP contribution in [0.2, 0.25) is 0 Å². The number of nitrogens with zero attached hydrogens (tertiary/aromatic N) is 3. The quantitative estimate of drug-likeness (QED) is 0.904. The van der Waals surface area contributed by atoms with E-state index in [1.807, 2.05) is 30.3 Å². The van der Waals surface area contributed by atoms with Gasteiger partial charge in [0, 0.05) is 25.2 Å². The highest BCUT2D eigenvalue weighted by molar-refractivity contribution is 5.94. The molecule has 1 fully saturated rings. The smallest absolute Gasteiger partial charge is 0.251 e. The monoisotopic (exact) mass is 344 g/mol. The fourth-order valence-electron chi connectivity index (χ4n) is 3.26.